The highest BCUT2D eigenvalue weighted by molar-refractivity contribution is 5.97. The molecule has 0 aliphatic heterocycles. The number of fused-ring (bicyclic) bond motifs is 2. The Morgan fingerprint density at radius 2 is 1.76 bits per heavy atom. The van der Waals surface area contributed by atoms with E-state index in [9.17, 15) is 4.79 Å². The van der Waals surface area contributed by atoms with Gasteiger partial charge < -0.3 is 8.83 Å². The van der Waals surface area contributed by atoms with E-state index in [2.05, 4.69) is 18.2 Å². The number of aryl methyl sites for hydroxylation is 1. The second-order valence-electron chi connectivity index (χ2n) is 7.25. The monoisotopic (exact) mass is 381 g/mol. The Morgan fingerprint density at radius 1 is 0.931 bits per heavy atom. The number of hydrogen-bond acceptors (Lipinski definition) is 4. The Labute approximate surface area is 167 Å². The first kappa shape index (κ1) is 17.4. The van der Waals surface area contributed by atoms with E-state index in [0.29, 0.717) is 17.9 Å². The molecule has 0 unspecified atom stereocenters. The highest BCUT2D eigenvalue weighted by Gasteiger charge is 2.16. The largest absolute Gasteiger partial charge is 0.461 e. The van der Waals surface area contributed by atoms with E-state index < -0.39 is 0 Å². The Morgan fingerprint density at radius 3 is 2.62 bits per heavy atom. The maximum Gasteiger partial charge on any atom is 0.227 e. The molecule has 0 saturated heterocycles. The van der Waals surface area contributed by atoms with E-state index in [0.717, 1.165) is 44.5 Å². The van der Waals surface area contributed by atoms with Crippen molar-refractivity contribution in [2.45, 2.75) is 20.3 Å². The summed E-state index contributed by atoms with van der Waals surface area (Å²) >= 11 is 0. The van der Waals surface area contributed by atoms with Gasteiger partial charge in [-0.05, 0) is 55.0 Å². The zero-order chi connectivity index (χ0) is 20.0. The summed E-state index contributed by atoms with van der Waals surface area (Å²) < 4.78 is 12.0. The van der Waals surface area contributed by atoms with E-state index in [-0.39, 0.29) is 5.78 Å². The summed E-state index contributed by atoms with van der Waals surface area (Å²) in [4.78, 5) is 16.4. The molecule has 2 aromatic heterocycles. The number of rotatable bonds is 4. The molecule has 3 aromatic carbocycles. The number of hydrogen-bond donors (Lipinski definition) is 0. The van der Waals surface area contributed by atoms with Crippen LogP contribution in [0.1, 0.15) is 34.5 Å². The minimum absolute atomic E-state index is 0.0433. The Kier molecular flexibility index (Phi) is 4.06. The van der Waals surface area contributed by atoms with Crippen molar-refractivity contribution in [3.63, 3.8) is 0 Å². The first-order valence-electron chi connectivity index (χ1n) is 9.56. The fraction of sp³-hybridized carbons (Fsp3) is 0.120. The predicted molar refractivity (Wildman–Crippen MR) is 113 cm³/mol. The fourth-order valence-electron chi connectivity index (χ4n) is 3.69. The third kappa shape index (κ3) is 3.13. The molecule has 5 rings (SSSR count). The van der Waals surface area contributed by atoms with Crippen molar-refractivity contribution in [3.8, 4) is 11.5 Å². The molecule has 0 bridgehead atoms. The molecule has 0 saturated carbocycles. The number of benzene rings is 3. The highest BCUT2D eigenvalue weighted by Crippen LogP contribution is 2.30. The summed E-state index contributed by atoms with van der Waals surface area (Å²) in [5.74, 6) is 2.23. The SMILES string of the molecule is CC(=O)c1ccc2oc(Cc3nc(-c4cccc5ccccc45)oc3C)cc2c1. The van der Waals surface area contributed by atoms with Gasteiger partial charge in [-0.25, -0.2) is 4.98 Å². The molecule has 4 nitrogen and oxygen atoms in total. The number of furan rings is 1. The smallest absolute Gasteiger partial charge is 0.227 e. The van der Waals surface area contributed by atoms with Crippen molar-refractivity contribution in [1.29, 1.82) is 0 Å². The van der Waals surface area contributed by atoms with E-state index in [4.69, 9.17) is 13.8 Å². The van der Waals surface area contributed by atoms with Gasteiger partial charge in [0.05, 0.1) is 12.1 Å². The van der Waals surface area contributed by atoms with Crippen LogP contribution in [0.4, 0.5) is 0 Å². The number of oxazole rings is 1. The molecule has 142 valence electrons. The van der Waals surface area contributed by atoms with Gasteiger partial charge in [-0.2, -0.15) is 0 Å². The van der Waals surface area contributed by atoms with Gasteiger partial charge in [0.1, 0.15) is 17.1 Å². The topological polar surface area (TPSA) is 56.2 Å². The molecule has 0 atom stereocenters. The summed E-state index contributed by atoms with van der Waals surface area (Å²) in [6.07, 6.45) is 0.532. The molecule has 0 aliphatic carbocycles. The van der Waals surface area contributed by atoms with Crippen LogP contribution in [0.15, 0.2) is 75.6 Å². The molecular weight excluding hydrogens is 362 g/mol. The van der Waals surface area contributed by atoms with E-state index in [1.807, 2.05) is 49.4 Å². The fourth-order valence-corrected chi connectivity index (χ4v) is 3.69. The maximum absolute atomic E-state index is 11.6. The summed E-state index contributed by atoms with van der Waals surface area (Å²) in [6.45, 7) is 3.49. The van der Waals surface area contributed by atoms with Gasteiger partial charge in [0, 0.05) is 16.5 Å². The summed E-state index contributed by atoms with van der Waals surface area (Å²) in [5, 5.41) is 3.19. The lowest BCUT2D eigenvalue weighted by Crippen LogP contribution is -1.89. The lowest BCUT2D eigenvalue weighted by molar-refractivity contribution is 0.101. The molecule has 0 aliphatic rings. The van der Waals surface area contributed by atoms with Crippen molar-refractivity contribution in [2.24, 2.45) is 0 Å². The zero-order valence-electron chi connectivity index (χ0n) is 16.2. The second kappa shape index (κ2) is 6.74. The van der Waals surface area contributed by atoms with E-state index in [1.54, 1.807) is 13.0 Å². The van der Waals surface area contributed by atoms with Crippen LogP contribution in [-0.4, -0.2) is 10.8 Å². The normalized spacial score (nSPS) is 11.4. The van der Waals surface area contributed by atoms with Gasteiger partial charge in [-0.15, -0.1) is 0 Å². The lowest BCUT2D eigenvalue weighted by atomic mass is 10.0. The molecule has 2 heterocycles. The average molecular weight is 381 g/mol. The molecule has 29 heavy (non-hydrogen) atoms. The van der Waals surface area contributed by atoms with Crippen LogP contribution < -0.4 is 0 Å². The third-order valence-corrected chi connectivity index (χ3v) is 5.23. The van der Waals surface area contributed by atoms with Gasteiger partial charge in [0.15, 0.2) is 5.78 Å². The Bertz CT molecular complexity index is 1370. The van der Waals surface area contributed by atoms with Crippen LogP contribution in [-0.2, 0) is 6.42 Å². The number of Topliss-reactive ketones (excluding diaryl/α,β-unsaturated/α-hetero) is 1. The third-order valence-electron chi connectivity index (χ3n) is 5.23. The minimum Gasteiger partial charge on any atom is -0.461 e. The van der Waals surface area contributed by atoms with E-state index in [1.165, 1.54) is 0 Å². The van der Waals surface area contributed by atoms with Gasteiger partial charge in [0.2, 0.25) is 5.89 Å². The van der Waals surface area contributed by atoms with Crippen molar-refractivity contribution in [2.75, 3.05) is 0 Å². The summed E-state index contributed by atoms with van der Waals surface area (Å²) in [5.41, 5.74) is 3.27. The molecule has 0 fully saturated rings. The average Bonchev–Trinajstić information content (AvgIpc) is 3.29. The molecule has 0 N–H and O–H groups in total. The van der Waals surface area contributed by atoms with Crippen LogP contribution in [0.25, 0.3) is 33.2 Å². The lowest BCUT2D eigenvalue weighted by Gasteiger charge is -2.02. The Balaban J connectivity index is 1.51. The van der Waals surface area contributed by atoms with E-state index >= 15 is 0 Å². The van der Waals surface area contributed by atoms with Crippen molar-refractivity contribution in [3.05, 3.63) is 89.5 Å². The number of aromatic nitrogens is 1. The van der Waals surface area contributed by atoms with Gasteiger partial charge in [-0.1, -0.05) is 36.4 Å². The molecule has 0 radical (unpaired) electrons. The van der Waals surface area contributed by atoms with Gasteiger partial charge >= 0.3 is 0 Å². The maximum atomic E-state index is 11.6. The van der Waals surface area contributed by atoms with Crippen molar-refractivity contribution >= 4 is 27.5 Å². The standard InChI is InChI=1S/C25H19NO3/c1-15(27)18-10-11-24-19(12-18)13-20(29-24)14-23-16(2)28-25(26-23)22-9-5-7-17-6-3-4-8-21(17)22/h3-13H,14H2,1-2H3. The van der Waals surface area contributed by atoms with Crippen LogP contribution in [0.2, 0.25) is 0 Å². The number of nitrogens with zero attached hydrogens (tertiary/aromatic N) is 1. The first-order chi connectivity index (χ1) is 14.1. The first-order valence-corrected chi connectivity index (χ1v) is 9.56. The van der Waals surface area contributed by atoms with Crippen molar-refractivity contribution < 1.29 is 13.6 Å². The molecule has 0 amide bonds. The minimum atomic E-state index is 0.0433. The van der Waals surface area contributed by atoms with Crippen LogP contribution in [0.3, 0.4) is 0 Å². The van der Waals surface area contributed by atoms with Crippen LogP contribution in [0.5, 0.6) is 0 Å². The number of carbonyl (C=O) groups is 1. The zero-order valence-corrected chi connectivity index (χ0v) is 16.2. The molecule has 4 heteroatoms. The van der Waals surface area contributed by atoms with Crippen LogP contribution in [0, 0.1) is 6.92 Å². The molecule has 0 spiro atoms. The predicted octanol–water partition coefficient (Wildman–Crippen LogP) is 6.34. The highest BCUT2D eigenvalue weighted by atomic mass is 16.4. The quantitative estimate of drug-likeness (QED) is 0.341. The van der Waals surface area contributed by atoms with Crippen LogP contribution >= 0.6 is 0 Å². The molecule has 5 aromatic rings. The van der Waals surface area contributed by atoms with Gasteiger partial charge in [0.25, 0.3) is 0 Å². The Hall–Kier alpha value is -3.66. The van der Waals surface area contributed by atoms with Gasteiger partial charge in [-0.3, -0.25) is 4.79 Å². The van der Waals surface area contributed by atoms with Crippen molar-refractivity contribution in [1.82, 2.24) is 4.98 Å². The summed E-state index contributed by atoms with van der Waals surface area (Å²) in [6, 6.07) is 21.8. The summed E-state index contributed by atoms with van der Waals surface area (Å²) in [7, 11) is 0. The molecular formula is C25H19NO3. The number of carbonyl (C=O) groups excluding carboxylic acids is 1. The second-order valence-corrected chi connectivity index (χ2v) is 7.25. The number of ketones is 1.